The maximum atomic E-state index is 11.8. The molecule has 104 valence electrons. The molecule has 0 spiro atoms. The largest absolute Gasteiger partial charge is 0.480 e. The Hall–Kier alpha value is -2.04. The minimum absolute atomic E-state index is 0.308. The maximum absolute atomic E-state index is 11.8. The van der Waals surface area contributed by atoms with Crippen LogP contribution in [0, 0.1) is 13.8 Å². The molecular formula is C14H20N2O3. The van der Waals surface area contributed by atoms with Gasteiger partial charge in [-0.15, -0.1) is 0 Å². The molecule has 19 heavy (non-hydrogen) atoms. The smallest absolute Gasteiger partial charge is 0.329 e. The molecule has 5 heteroatoms. The van der Waals surface area contributed by atoms with Gasteiger partial charge in [-0.1, -0.05) is 24.6 Å². The van der Waals surface area contributed by atoms with Crippen LogP contribution in [0.2, 0.25) is 0 Å². The van der Waals surface area contributed by atoms with Gasteiger partial charge in [-0.3, -0.25) is 0 Å². The van der Waals surface area contributed by atoms with Gasteiger partial charge in [-0.05, 0) is 38.8 Å². The Kier molecular flexibility index (Phi) is 4.53. The molecule has 2 amide bonds. The molecule has 0 aliphatic heterocycles. The molecule has 1 aromatic carbocycles. The van der Waals surface area contributed by atoms with E-state index in [1.165, 1.54) is 6.92 Å². The predicted molar refractivity (Wildman–Crippen MR) is 74.4 cm³/mol. The quantitative estimate of drug-likeness (QED) is 0.782. The topological polar surface area (TPSA) is 78.4 Å². The van der Waals surface area contributed by atoms with Crippen LogP contribution in [-0.2, 0) is 4.79 Å². The molecule has 0 aliphatic carbocycles. The second-order valence-corrected chi connectivity index (χ2v) is 4.89. The number of urea groups is 1. The second-order valence-electron chi connectivity index (χ2n) is 4.89. The van der Waals surface area contributed by atoms with Crippen molar-refractivity contribution in [1.29, 1.82) is 0 Å². The SMILES string of the molecule is CCC(C)(NC(=O)Nc1ccc(C)cc1C)C(=O)O. The van der Waals surface area contributed by atoms with E-state index in [0.717, 1.165) is 11.1 Å². The summed E-state index contributed by atoms with van der Waals surface area (Å²) in [6.45, 7) is 7.05. The lowest BCUT2D eigenvalue weighted by molar-refractivity contribution is -0.143. The summed E-state index contributed by atoms with van der Waals surface area (Å²) in [5.41, 5.74) is 1.45. The van der Waals surface area contributed by atoms with Crippen LogP contribution in [0.4, 0.5) is 10.5 Å². The van der Waals surface area contributed by atoms with Crippen molar-refractivity contribution in [3.05, 3.63) is 29.3 Å². The van der Waals surface area contributed by atoms with Gasteiger partial charge in [0, 0.05) is 5.69 Å². The first-order valence-corrected chi connectivity index (χ1v) is 6.18. The first-order chi connectivity index (χ1) is 8.78. The monoisotopic (exact) mass is 264 g/mol. The number of aliphatic carboxylic acids is 1. The highest BCUT2D eigenvalue weighted by Gasteiger charge is 2.32. The van der Waals surface area contributed by atoms with E-state index in [1.54, 1.807) is 13.0 Å². The first-order valence-electron chi connectivity index (χ1n) is 6.18. The lowest BCUT2D eigenvalue weighted by Gasteiger charge is -2.24. The van der Waals surface area contributed by atoms with Crippen LogP contribution >= 0.6 is 0 Å². The van der Waals surface area contributed by atoms with Gasteiger partial charge in [0.25, 0.3) is 0 Å². The normalized spacial score (nSPS) is 13.5. The number of hydrogen-bond acceptors (Lipinski definition) is 2. The molecule has 0 saturated heterocycles. The van der Waals surface area contributed by atoms with E-state index < -0.39 is 17.5 Å². The predicted octanol–water partition coefficient (Wildman–Crippen LogP) is 2.68. The second kappa shape index (κ2) is 5.73. The van der Waals surface area contributed by atoms with Crippen molar-refractivity contribution in [2.24, 2.45) is 0 Å². The fourth-order valence-corrected chi connectivity index (χ4v) is 1.65. The molecule has 1 atom stereocenters. The third kappa shape index (κ3) is 3.71. The zero-order valence-corrected chi connectivity index (χ0v) is 11.7. The van der Waals surface area contributed by atoms with Gasteiger partial charge in [-0.2, -0.15) is 0 Å². The van der Waals surface area contributed by atoms with E-state index in [1.807, 2.05) is 26.0 Å². The Morgan fingerprint density at radius 2 is 1.95 bits per heavy atom. The number of amides is 2. The van der Waals surface area contributed by atoms with E-state index in [-0.39, 0.29) is 0 Å². The highest BCUT2D eigenvalue weighted by molar-refractivity contribution is 5.94. The summed E-state index contributed by atoms with van der Waals surface area (Å²) >= 11 is 0. The van der Waals surface area contributed by atoms with Crippen LogP contribution in [0.25, 0.3) is 0 Å². The minimum Gasteiger partial charge on any atom is -0.480 e. The fraction of sp³-hybridized carbons (Fsp3) is 0.429. The molecule has 1 rings (SSSR count). The number of hydrogen-bond donors (Lipinski definition) is 3. The number of nitrogens with one attached hydrogen (secondary N) is 2. The zero-order chi connectivity index (χ0) is 14.6. The average Bonchev–Trinajstić information content (AvgIpc) is 2.32. The van der Waals surface area contributed by atoms with E-state index in [0.29, 0.717) is 12.1 Å². The van der Waals surface area contributed by atoms with Crippen LogP contribution in [0.3, 0.4) is 0 Å². The van der Waals surface area contributed by atoms with Crippen molar-refractivity contribution < 1.29 is 14.7 Å². The summed E-state index contributed by atoms with van der Waals surface area (Å²) in [5.74, 6) is -1.05. The van der Waals surface area contributed by atoms with Gasteiger partial charge in [0.15, 0.2) is 0 Å². The van der Waals surface area contributed by atoms with Crippen LogP contribution < -0.4 is 10.6 Å². The van der Waals surface area contributed by atoms with Crippen LogP contribution in [-0.4, -0.2) is 22.6 Å². The Bertz CT molecular complexity index is 499. The molecule has 0 saturated carbocycles. The van der Waals surface area contributed by atoms with Crippen molar-refractivity contribution >= 4 is 17.7 Å². The van der Waals surface area contributed by atoms with E-state index in [9.17, 15) is 9.59 Å². The summed E-state index contributed by atoms with van der Waals surface area (Å²) in [6.07, 6.45) is 0.308. The van der Waals surface area contributed by atoms with Gasteiger partial charge in [0.05, 0.1) is 0 Å². The summed E-state index contributed by atoms with van der Waals surface area (Å²) in [5, 5.41) is 14.2. The van der Waals surface area contributed by atoms with Crippen molar-refractivity contribution in [2.75, 3.05) is 5.32 Å². The third-order valence-corrected chi connectivity index (χ3v) is 3.20. The number of anilines is 1. The molecule has 5 nitrogen and oxygen atoms in total. The number of benzene rings is 1. The zero-order valence-electron chi connectivity index (χ0n) is 11.7. The molecule has 0 heterocycles. The Labute approximate surface area is 113 Å². The summed E-state index contributed by atoms with van der Waals surface area (Å²) in [7, 11) is 0. The number of carbonyl (C=O) groups is 2. The molecule has 0 fully saturated rings. The number of carbonyl (C=O) groups excluding carboxylic acids is 1. The molecule has 1 aromatic rings. The number of carboxylic acids is 1. The summed E-state index contributed by atoms with van der Waals surface area (Å²) in [4.78, 5) is 23.0. The minimum atomic E-state index is -1.26. The van der Waals surface area contributed by atoms with Gasteiger partial charge >= 0.3 is 12.0 Å². The van der Waals surface area contributed by atoms with E-state index in [2.05, 4.69) is 10.6 Å². The van der Waals surface area contributed by atoms with Crippen molar-refractivity contribution in [3.63, 3.8) is 0 Å². The van der Waals surface area contributed by atoms with Gasteiger partial charge in [0.2, 0.25) is 0 Å². The van der Waals surface area contributed by atoms with Gasteiger partial charge in [0.1, 0.15) is 5.54 Å². The standard InChI is InChI=1S/C14H20N2O3/c1-5-14(4,12(17)18)16-13(19)15-11-7-6-9(2)8-10(11)3/h6-8H,5H2,1-4H3,(H,17,18)(H2,15,16,19). The molecule has 3 N–H and O–H groups in total. The highest BCUT2D eigenvalue weighted by atomic mass is 16.4. The Balaban J connectivity index is 2.78. The van der Waals surface area contributed by atoms with E-state index in [4.69, 9.17) is 5.11 Å². The molecule has 0 bridgehead atoms. The molecular weight excluding hydrogens is 244 g/mol. The van der Waals surface area contributed by atoms with Crippen LogP contribution in [0.15, 0.2) is 18.2 Å². The highest BCUT2D eigenvalue weighted by Crippen LogP contribution is 2.16. The molecule has 0 aliphatic rings. The van der Waals surface area contributed by atoms with Crippen molar-refractivity contribution in [2.45, 2.75) is 39.7 Å². The lowest BCUT2D eigenvalue weighted by atomic mass is 10.00. The fourth-order valence-electron chi connectivity index (χ4n) is 1.65. The molecule has 1 unspecified atom stereocenters. The number of carboxylic acid groups (broad SMARTS) is 1. The average molecular weight is 264 g/mol. The van der Waals surface area contributed by atoms with Crippen LogP contribution in [0.5, 0.6) is 0 Å². The van der Waals surface area contributed by atoms with E-state index >= 15 is 0 Å². The van der Waals surface area contributed by atoms with Crippen molar-refractivity contribution in [3.8, 4) is 0 Å². The van der Waals surface area contributed by atoms with Gasteiger partial charge < -0.3 is 15.7 Å². The number of aryl methyl sites for hydroxylation is 2. The Morgan fingerprint density at radius 3 is 2.42 bits per heavy atom. The van der Waals surface area contributed by atoms with Crippen LogP contribution in [0.1, 0.15) is 31.4 Å². The molecule has 0 aromatic heterocycles. The first kappa shape index (κ1) is 15.0. The summed E-state index contributed by atoms with van der Waals surface area (Å²) < 4.78 is 0. The summed E-state index contributed by atoms with van der Waals surface area (Å²) in [6, 6.07) is 5.12. The van der Waals surface area contributed by atoms with Gasteiger partial charge in [-0.25, -0.2) is 9.59 Å². The van der Waals surface area contributed by atoms with Crippen molar-refractivity contribution in [1.82, 2.24) is 5.32 Å². The third-order valence-electron chi connectivity index (χ3n) is 3.20. The maximum Gasteiger partial charge on any atom is 0.329 e. The number of rotatable bonds is 4. The molecule has 0 radical (unpaired) electrons. The lowest BCUT2D eigenvalue weighted by Crippen LogP contribution is -2.53. The Morgan fingerprint density at radius 1 is 1.32 bits per heavy atom.